The summed E-state index contributed by atoms with van der Waals surface area (Å²) in [6.07, 6.45) is 14.7. The lowest BCUT2D eigenvalue weighted by atomic mass is 9.72. The fourth-order valence-electron chi connectivity index (χ4n) is 3.37. The molecule has 0 fully saturated rings. The Morgan fingerprint density at radius 3 is 2.25 bits per heavy atom. The van der Waals surface area contributed by atoms with Crippen molar-refractivity contribution in [2.75, 3.05) is 0 Å². The fraction of sp³-hybridized carbons (Fsp3) is 0.700. The van der Waals surface area contributed by atoms with E-state index in [4.69, 9.17) is 0 Å². The van der Waals surface area contributed by atoms with Gasteiger partial charge in [0.1, 0.15) is 0 Å². The van der Waals surface area contributed by atoms with E-state index in [-0.39, 0.29) is 0 Å². The molecule has 0 aliphatic heterocycles. The van der Waals surface area contributed by atoms with Gasteiger partial charge in [-0.2, -0.15) is 0 Å². The minimum absolute atomic E-state index is 0.783. The van der Waals surface area contributed by atoms with Gasteiger partial charge in [0.05, 0.1) is 0 Å². The van der Waals surface area contributed by atoms with Crippen molar-refractivity contribution in [2.45, 2.75) is 67.2 Å². The van der Waals surface area contributed by atoms with Gasteiger partial charge in [0.2, 0.25) is 0 Å². The Hall–Kier alpha value is -0.780. The van der Waals surface area contributed by atoms with E-state index in [1.807, 2.05) is 0 Å². The third-order valence-corrected chi connectivity index (χ3v) is 4.79. The molecule has 0 saturated carbocycles. The zero-order chi connectivity index (χ0) is 15.1. The Labute approximate surface area is 127 Å². The molecule has 0 aromatic rings. The average molecular weight is 274 g/mol. The highest BCUT2D eigenvalue weighted by Gasteiger charge is 2.29. The fourth-order valence-corrected chi connectivity index (χ4v) is 3.37. The molecule has 4 unspecified atom stereocenters. The van der Waals surface area contributed by atoms with Gasteiger partial charge in [0.25, 0.3) is 0 Å². The quantitative estimate of drug-likeness (QED) is 0.498. The van der Waals surface area contributed by atoms with Gasteiger partial charge in [-0.05, 0) is 77.0 Å². The second kappa shape index (κ2) is 8.49. The van der Waals surface area contributed by atoms with Crippen LogP contribution in [-0.4, -0.2) is 0 Å². The van der Waals surface area contributed by atoms with E-state index in [1.54, 1.807) is 0 Å². The second-order valence-electron chi connectivity index (χ2n) is 7.26. The SMILES string of the molecule is CC(C)=CCC(C)C1CC=CCC(C)C1CC=C(C)C. The summed E-state index contributed by atoms with van der Waals surface area (Å²) in [7, 11) is 0. The Morgan fingerprint density at radius 1 is 1.05 bits per heavy atom. The molecule has 1 aliphatic rings. The van der Waals surface area contributed by atoms with Crippen LogP contribution in [0.5, 0.6) is 0 Å². The Kier molecular flexibility index (Phi) is 7.34. The third kappa shape index (κ3) is 5.69. The lowest BCUT2D eigenvalue weighted by molar-refractivity contribution is 0.187. The van der Waals surface area contributed by atoms with Gasteiger partial charge in [-0.25, -0.2) is 0 Å². The van der Waals surface area contributed by atoms with E-state index in [0.717, 1.165) is 23.7 Å². The number of hydrogen-bond acceptors (Lipinski definition) is 0. The normalized spacial score (nSPS) is 27.6. The minimum atomic E-state index is 0.783. The topological polar surface area (TPSA) is 0 Å². The molecule has 0 saturated heterocycles. The van der Waals surface area contributed by atoms with Crippen molar-refractivity contribution in [3.05, 3.63) is 35.5 Å². The summed E-state index contributed by atoms with van der Waals surface area (Å²) in [6.45, 7) is 13.8. The van der Waals surface area contributed by atoms with E-state index >= 15 is 0 Å². The predicted molar refractivity (Wildman–Crippen MR) is 91.8 cm³/mol. The van der Waals surface area contributed by atoms with Crippen LogP contribution in [-0.2, 0) is 0 Å². The summed E-state index contributed by atoms with van der Waals surface area (Å²) in [4.78, 5) is 0. The van der Waals surface area contributed by atoms with Crippen molar-refractivity contribution in [3.63, 3.8) is 0 Å². The lowest BCUT2D eigenvalue weighted by Gasteiger charge is -2.33. The maximum absolute atomic E-state index is 2.45. The van der Waals surface area contributed by atoms with Crippen LogP contribution in [0.25, 0.3) is 0 Å². The highest BCUT2D eigenvalue weighted by Crippen LogP contribution is 2.39. The molecule has 0 heteroatoms. The maximum atomic E-state index is 2.45. The zero-order valence-electron chi connectivity index (χ0n) is 14.4. The van der Waals surface area contributed by atoms with E-state index in [2.05, 4.69) is 65.8 Å². The molecule has 0 nitrogen and oxygen atoms in total. The third-order valence-electron chi connectivity index (χ3n) is 4.79. The summed E-state index contributed by atoms with van der Waals surface area (Å²) in [5.74, 6) is 3.25. The van der Waals surface area contributed by atoms with E-state index in [9.17, 15) is 0 Å². The van der Waals surface area contributed by atoms with Crippen molar-refractivity contribution in [3.8, 4) is 0 Å². The van der Waals surface area contributed by atoms with Crippen LogP contribution < -0.4 is 0 Å². The first-order chi connectivity index (χ1) is 9.41. The standard InChI is InChI=1S/C20H34/c1-15(2)11-13-18(6)19-10-8-7-9-17(5)20(19)14-12-16(3)4/h7-8,11-12,17-20H,9-10,13-14H2,1-6H3. The molecule has 0 N–H and O–H groups in total. The highest BCUT2D eigenvalue weighted by molar-refractivity contribution is 5.02. The van der Waals surface area contributed by atoms with Crippen molar-refractivity contribution in [2.24, 2.45) is 23.7 Å². The second-order valence-corrected chi connectivity index (χ2v) is 7.26. The summed E-state index contributed by atoms with van der Waals surface area (Å²) in [6, 6.07) is 0. The first kappa shape index (κ1) is 17.3. The van der Waals surface area contributed by atoms with Crippen molar-refractivity contribution >= 4 is 0 Å². The Morgan fingerprint density at radius 2 is 1.65 bits per heavy atom. The molecular formula is C20H34. The summed E-state index contributed by atoms with van der Waals surface area (Å²) in [5, 5.41) is 0. The Bertz CT molecular complexity index is 361. The van der Waals surface area contributed by atoms with Crippen LogP contribution in [0, 0.1) is 23.7 Å². The monoisotopic (exact) mass is 274 g/mol. The molecule has 0 radical (unpaired) electrons. The first-order valence-corrected chi connectivity index (χ1v) is 8.33. The van der Waals surface area contributed by atoms with Gasteiger partial charge in [0, 0.05) is 0 Å². The summed E-state index contributed by atoms with van der Waals surface area (Å²) in [5.41, 5.74) is 2.92. The number of rotatable bonds is 5. The minimum Gasteiger partial charge on any atom is -0.0883 e. The summed E-state index contributed by atoms with van der Waals surface area (Å²) >= 11 is 0. The van der Waals surface area contributed by atoms with Crippen LogP contribution in [0.2, 0.25) is 0 Å². The zero-order valence-corrected chi connectivity index (χ0v) is 14.4. The van der Waals surface area contributed by atoms with E-state index < -0.39 is 0 Å². The molecule has 114 valence electrons. The molecule has 0 aromatic carbocycles. The maximum Gasteiger partial charge on any atom is -0.0314 e. The van der Waals surface area contributed by atoms with Crippen LogP contribution in [0.4, 0.5) is 0 Å². The molecule has 0 spiro atoms. The predicted octanol–water partition coefficient (Wildman–Crippen LogP) is 6.55. The van der Waals surface area contributed by atoms with Crippen LogP contribution >= 0.6 is 0 Å². The van der Waals surface area contributed by atoms with Crippen molar-refractivity contribution in [1.29, 1.82) is 0 Å². The molecular weight excluding hydrogens is 240 g/mol. The van der Waals surface area contributed by atoms with Gasteiger partial charge in [-0.1, -0.05) is 49.3 Å². The number of hydrogen-bond donors (Lipinski definition) is 0. The molecule has 1 rings (SSSR count). The summed E-state index contributed by atoms with van der Waals surface area (Å²) < 4.78 is 0. The van der Waals surface area contributed by atoms with Crippen LogP contribution in [0.15, 0.2) is 35.5 Å². The van der Waals surface area contributed by atoms with Gasteiger partial charge in [-0.15, -0.1) is 0 Å². The molecule has 1 aliphatic carbocycles. The Balaban J connectivity index is 2.81. The largest absolute Gasteiger partial charge is 0.0883 e. The molecule has 0 amide bonds. The number of allylic oxidation sites excluding steroid dienone is 6. The average Bonchev–Trinajstić information content (AvgIpc) is 2.55. The van der Waals surface area contributed by atoms with Crippen LogP contribution in [0.1, 0.15) is 67.2 Å². The first-order valence-electron chi connectivity index (χ1n) is 8.33. The van der Waals surface area contributed by atoms with Crippen LogP contribution in [0.3, 0.4) is 0 Å². The smallest absolute Gasteiger partial charge is 0.0314 e. The van der Waals surface area contributed by atoms with Gasteiger partial charge in [0.15, 0.2) is 0 Å². The van der Waals surface area contributed by atoms with E-state index in [0.29, 0.717) is 0 Å². The van der Waals surface area contributed by atoms with Crippen molar-refractivity contribution in [1.82, 2.24) is 0 Å². The van der Waals surface area contributed by atoms with Gasteiger partial charge < -0.3 is 0 Å². The van der Waals surface area contributed by atoms with E-state index in [1.165, 1.54) is 36.8 Å². The molecule has 0 bridgehead atoms. The molecule has 20 heavy (non-hydrogen) atoms. The molecule has 0 heterocycles. The van der Waals surface area contributed by atoms with Gasteiger partial charge in [-0.3, -0.25) is 0 Å². The molecule has 4 atom stereocenters. The van der Waals surface area contributed by atoms with Gasteiger partial charge >= 0.3 is 0 Å². The lowest BCUT2D eigenvalue weighted by Crippen LogP contribution is -2.25. The molecule has 0 aromatic heterocycles. The highest BCUT2D eigenvalue weighted by atomic mass is 14.3. The van der Waals surface area contributed by atoms with Crippen molar-refractivity contribution < 1.29 is 0 Å².